The van der Waals surface area contributed by atoms with E-state index in [1.54, 1.807) is 4.68 Å². The third-order valence-corrected chi connectivity index (χ3v) is 2.94. The second kappa shape index (κ2) is 4.44. The first-order chi connectivity index (χ1) is 8.84. The molecule has 0 fully saturated rings. The molecule has 0 aliphatic heterocycles. The number of aryl methyl sites for hydroxylation is 1. The zero-order valence-corrected chi connectivity index (χ0v) is 10.0. The van der Waals surface area contributed by atoms with Crippen LogP contribution in [0.1, 0.15) is 5.56 Å². The van der Waals surface area contributed by atoms with Crippen LogP contribution in [0.15, 0.2) is 42.5 Å². The van der Waals surface area contributed by atoms with Crippen molar-refractivity contribution < 1.29 is 0 Å². The fraction of sp³-hybridized carbons (Fsp3) is 0.154. The van der Waals surface area contributed by atoms with Crippen molar-refractivity contribution in [3.63, 3.8) is 0 Å². The van der Waals surface area contributed by atoms with Gasteiger partial charge in [-0.25, -0.2) is 4.68 Å². The fourth-order valence-electron chi connectivity index (χ4n) is 2.00. The van der Waals surface area contributed by atoms with Gasteiger partial charge in [0.05, 0.1) is 0 Å². The normalized spacial score (nSPS) is 10.7. The first-order valence-electron chi connectivity index (χ1n) is 5.77. The molecule has 5 nitrogen and oxygen atoms in total. The quantitative estimate of drug-likeness (QED) is 0.759. The van der Waals surface area contributed by atoms with Gasteiger partial charge in [-0.05, 0) is 26.8 Å². The summed E-state index contributed by atoms with van der Waals surface area (Å²) in [6, 6.07) is 14.6. The third kappa shape index (κ3) is 1.90. The highest BCUT2D eigenvalue weighted by Gasteiger charge is 2.03. The zero-order chi connectivity index (χ0) is 12.4. The molecule has 0 amide bonds. The second-order valence-electron chi connectivity index (χ2n) is 4.12. The highest BCUT2D eigenvalue weighted by atomic mass is 15.6. The van der Waals surface area contributed by atoms with E-state index < -0.39 is 0 Å². The summed E-state index contributed by atoms with van der Waals surface area (Å²) in [6.45, 7) is 0.704. The average Bonchev–Trinajstić information content (AvgIpc) is 2.82. The number of hydrogen-bond donors (Lipinski definition) is 1. The van der Waals surface area contributed by atoms with E-state index in [-0.39, 0.29) is 0 Å². The number of hydrogen-bond acceptors (Lipinski definition) is 4. The minimum Gasteiger partial charge on any atom is -0.349 e. The van der Waals surface area contributed by atoms with Crippen molar-refractivity contribution >= 4 is 16.7 Å². The largest absolute Gasteiger partial charge is 0.349 e. The Balaban J connectivity index is 1.89. The molecule has 5 heteroatoms. The lowest BCUT2D eigenvalue weighted by atomic mass is 10.0. The lowest BCUT2D eigenvalue weighted by molar-refractivity contribution is 0.712. The van der Waals surface area contributed by atoms with Gasteiger partial charge in [-0.15, -0.1) is 0 Å². The smallest absolute Gasteiger partial charge is 0.242 e. The van der Waals surface area contributed by atoms with Crippen LogP contribution in [-0.4, -0.2) is 20.2 Å². The van der Waals surface area contributed by atoms with E-state index in [0.29, 0.717) is 12.5 Å². The third-order valence-electron chi connectivity index (χ3n) is 2.94. The SMILES string of the molecule is Cn1nnnc1NCc1cccc2ccccc12. The number of nitrogens with zero attached hydrogens (tertiary/aromatic N) is 4. The summed E-state index contributed by atoms with van der Waals surface area (Å²) in [5.74, 6) is 0.669. The summed E-state index contributed by atoms with van der Waals surface area (Å²) in [5, 5.41) is 17.0. The Kier molecular flexibility index (Phi) is 2.64. The van der Waals surface area contributed by atoms with E-state index in [1.165, 1.54) is 16.3 Å². The average molecular weight is 239 g/mol. The molecule has 3 aromatic rings. The Labute approximate surface area is 104 Å². The molecular weight excluding hydrogens is 226 g/mol. The molecule has 90 valence electrons. The van der Waals surface area contributed by atoms with Crippen molar-refractivity contribution in [3.05, 3.63) is 48.0 Å². The van der Waals surface area contributed by atoms with Gasteiger partial charge in [0.2, 0.25) is 5.95 Å². The van der Waals surface area contributed by atoms with Crippen LogP contribution in [0.5, 0.6) is 0 Å². The summed E-state index contributed by atoms with van der Waals surface area (Å²) < 4.78 is 1.62. The van der Waals surface area contributed by atoms with E-state index >= 15 is 0 Å². The Morgan fingerprint density at radius 1 is 1.11 bits per heavy atom. The maximum absolute atomic E-state index is 3.90. The molecule has 0 saturated heterocycles. The van der Waals surface area contributed by atoms with Gasteiger partial charge < -0.3 is 5.32 Å². The number of tetrazole rings is 1. The second-order valence-corrected chi connectivity index (χ2v) is 4.12. The molecule has 0 aliphatic rings. The van der Waals surface area contributed by atoms with Crippen molar-refractivity contribution in [2.75, 3.05) is 5.32 Å². The number of nitrogens with one attached hydrogen (secondary N) is 1. The molecule has 0 saturated carbocycles. The van der Waals surface area contributed by atoms with Crippen LogP contribution >= 0.6 is 0 Å². The highest BCUT2D eigenvalue weighted by Crippen LogP contribution is 2.19. The maximum Gasteiger partial charge on any atom is 0.242 e. The van der Waals surface area contributed by atoms with Crippen LogP contribution in [0.3, 0.4) is 0 Å². The number of benzene rings is 2. The first-order valence-corrected chi connectivity index (χ1v) is 5.77. The van der Waals surface area contributed by atoms with Crippen molar-refractivity contribution in [1.82, 2.24) is 20.2 Å². The van der Waals surface area contributed by atoms with Crippen LogP contribution in [0.4, 0.5) is 5.95 Å². The van der Waals surface area contributed by atoms with Crippen LogP contribution in [0.2, 0.25) is 0 Å². The Hall–Kier alpha value is -2.43. The lowest BCUT2D eigenvalue weighted by Gasteiger charge is -2.07. The fourth-order valence-corrected chi connectivity index (χ4v) is 2.00. The standard InChI is InChI=1S/C13H13N5/c1-18-13(15-16-17-18)14-9-11-7-4-6-10-5-2-3-8-12(10)11/h2-8H,9H2,1H3,(H,14,15,17). The molecular formula is C13H13N5. The van der Waals surface area contributed by atoms with Crippen molar-refractivity contribution in [3.8, 4) is 0 Å². The van der Waals surface area contributed by atoms with Crippen molar-refractivity contribution in [1.29, 1.82) is 0 Å². The predicted octanol–water partition coefficient (Wildman–Crippen LogP) is 1.98. The number of anilines is 1. The molecule has 0 bridgehead atoms. The molecule has 18 heavy (non-hydrogen) atoms. The van der Waals surface area contributed by atoms with Crippen LogP contribution in [0.25, 0.3) is 10.8 Å². The van der Waals surface area contributed by atoms with Gasteiger partial charge in [-0.2, -0.15) is 0 Å². The highest BCUT2D eigenvalue weighted by molar-refractivity contribution is 5.85. The van der Waals surface area contributed by atoms with E-state index in [1.807, 2.05) is 13.1 Å². The first kappa shape index (κ1) is 10.7. The Bertz CT molecular complexity index is 668. The molecule has 1 aromatic heterocycles. The van der Waals surface area contributed by atoms with E-state index in [9.17, 15) is 0 Å². The molecule has 1 N–H and O–H groups in total. The lowest BCUT2D eigenvalue weighted by Crippen LogP contribution is -2.06. The number of aromatic nitrogens is 4. The molecule has 0 radical (unpaired) electrons. The Morgan fingerprint density at radius 2 is 1.94 bits per heavy atom. The molecule has 3 rings (SSSR count). The van der Waals surface area contributed by atoms with E-state index in [2.05, 4.69) is 57.2 Å². The van der Waals surface area contributed by atoms with E-state index in [0.717, 1.165) is 0 Å². The summed E-state index contributed by atoms with van der Waals surface area (Å²) in [4.78, 5) is 0. The van der Waals surface area contributed by atoms with E-state index in [4.69, 9.17) is 0 Å². The molecule has 0 aliphatic carbocycles. The zero-order valence-electron chi connectivity index (χ0n) is 10.0. The Morgan fingerprint density at radius 3 is 2.78 bits per heavy atom. The van der Waals surface area contributed by atoms with Gasteiger partial charge in [-0.3, -0.25) is 0 Å². The minimum atomic E-state index is 0.669. The van der Waals surface area contributed by atoms with Gasteiger partial charge in [-0.1, -0.05) is 47.6 Å². The monoisotopic (exact) mass is 239 g/mol. The molecule has 1 heterocycles. The van der Waals surface area contributed by atoms with Crippen LogP contribution in [0, 0.1) is 0 Å². The van der Waals surface area contributed by atoms with Crippen LogP contribution in [-0.2, 0) is 13.6 Å². The summed E-state index contributed by atoms with van der Waals surface area (Å²) in [6.07, 6.45) is 0. The molecule has 2 aromatic carbocycles. The topological polar surface area (TPSA) is 55.6 Å². The van der Waals surface area contributed by atoms with Gasteiger partial charge in [0.1, 0.15) is 0 Å². The number of fused-ring (bicyclic) bond motifs is 1. The summed E-state index contributed by atoms with van der Waals surface area (Å²) >= 11 is 0. The van der Waals surface area contributed by atoms with Crippen LogP contribution < -0.4 is 5.32 Å². The minimum absolute atomic E-state index is 0.669. The molecule has 0 atom stereocenters. The number of rotatable bonds is 3. The predicted molar refractivity (Wildman–Crippen MR) is 70.1 cm³/mol. The maximum atomic E-state index is 3.90. The van der Waals surface area contributed by atoms with Gasteiger partial charge in [0, 0.05) is 13.6 Å². The van der Waals surface area contributed by atoms with Gasteiger partial charge in [0.15, 0.2) is 0 Å². The molecule has 0 spiro atoms. The molecule has 0 unspecified atom stereocenters. The summed E-state index contributed by atoms with van der Waals surface area (Å²) in [5.41, 5.74) is 1.23. The summed E-state index contributed by atoms with van der Waals surface area (Å²) in [7, 11) is 1.81. The van der Waals surface area contributed by atoms with Gasteiger partial charge in [0.25, 0.3) is 0 Å². The van der Waals surface area contributed by atoms with Crippen molar-refractivity contribution in [2.24, 2.45) is 7.05 Å². The van der Waals surface area contributed by atoms with Crippen molar-refractivity contribution in [2.45, 2.75) is 6.54 Å². The van der Waals surface area contributed by atoms with Gasteiger partial charge >= 0.3 is 0 Å².